The summed E-state index contributed by atoms with van der Waals surface area (Å²) in [5, 5.41) is 14.8. The average molecular weight is 297 g/mol. The second-order valence-electron chi connectivity index (χ2n) is 4.88. The lowest BCUT2D eigenvalue weighted by molar-refractivity contribution is -0.117. The first-order valence-corrected chi connectivity index (χ1v) is 6.88. The van der Waals surface area contributed by atoms with E-state index < -0.39 is 6.04 Å². The van der Waals surface area contributed by atoms with E-state index in [0.717, 1.165) is 5.56 Å². The number of carbonyl (C=O) groups is 1. The molecule has 1 amide bonds. The van der Waals surface area contributed by atoms with Crippen molar-refractivity contribution < 1.29 is 9.18 Å². The van der Waals surface area contributed by atoms with Crippen molar-refractivity contribution in [3.8, 4) is 6.07 Å². The van der Waals surface area contributed by atoms with E-state index in [1.165, 1.54) is 12.1 Å². The van der Waals surface area contributed by atoms with Crippen molar-refractivity contribution >= 4 is 11.6 Å². The minimum absolute atomic E-state index is 0.232. The summed E-state index contributed by atoms with van der Waals surface area (Å²) in [6.45, 7) is 2.18. The van der Waals surface area contributed by atoms with Crippen LogP contribution >= 0.6 is 0 Å². The number of nitriles is 1. The molecule has 5 heteroatoms. The molecule has 0 aliphatic rings. The molecule has 2 aromatic rings. The maximum absolute atomic E-state index is 12.8. The molecule has 0 spiro atoms. The fraction of sp³-hybridized carbons (Fsp3) is 0.176. The van der Waals surface area contributed by atoms with Crippen LogP contribution in [0.2, 0.25) is 0 Å². The van der Waals surface area contributed by atoms with Gasteiger partial charge in [0.05, 0.1) is 17.3 Å². The SMILES string of the molecule is C[C@H](NCc1ccc(F)cc1)C(=O)Nc1ccccc1C#N. The van der Waals surface area contributed by atoms with Gasteiger partial charge >= 0.3 is 0 Å². The Bertz CT molecular complexity index is 692. The number of rotatable bonds is 5. The van der Waals surface area contributed by atoms with Crippen molar-refractivity contribution in [3.05, 3.63) is 65.5 Å². The molecular formula is C17H16FN3O. The molecule has 0 aromatic heterocycles. The van der Waals surface area contributed by atoms with E-state index in [9.17, 15) is 9.18 Å². The van der Waals surface area contributed by atoms with Crippen molar-refractivity contribution in [2.24, 2.45) is 0 Å². The molecule has 0 saturated heterocycles. The smallest absolute Gasteiger partial charge is 0.241 e. The summed E-state index contributed by atoms with van der Waals surface area (Å²) in [5.41, 5.74) is 1.80. The van der Waals surface area contributed by atoms with Gasteiger partial charge in [0, 0.05) is 6.54 Å². The lowest BCUT2D eigenvalue weighted by Crippen LogP contribution is -2.37. The van der Waals surface area contributed by atoms with Gasteiger partial charge in [-0.1, -0.05) is 24.3 Å². The molecular weight excluding hydrogens is 281 g/mol. The van der Waals surface area contributed by atoms with Gasteiger partial charge < -0.3 is 10.6 Å². The van der Waals surface area contributed by atoms with Crippen LogP contribution in [-0.2, 0) is 11.3 Å². The van der Waals surface area contributed by atoms with Crippen molar-refractivity contribution in [2.75, 3.05) is 5.32 Å². The van der Waals surface area contributed by atoms with Gasteiger partial charge in [0.15, 0.2) is 0 Å². The van der Waals surface area contributed by atoms with Gasteiger partial charge in [-0.05, 0) is 36.8 Å². The minimum Gasteiger partial charge on any atom is -0.324 e. The van der Waals surface area contributed by atoms with Crippen molar-refractivity contribution in [1.29, 1.82) is 5.26 Å². The van der Waals surface area contributed by atoms with Crippen molar-refractivity contribution in [2.45, 2.75) is 19.5 Å². The van der Waals surface area contributed by atoms with Gasteiger partial charge in [0.2, 0.25) is 5.91 Å². The lowest BCUT2D eigenvalue weighted by Gasteiger charge is -2.14. The summed E-state index contributed by atoms with van der Waals surface area (Å²) in [4.78, 5) is 12.1. The van der Waals surface area contributed by atoms with E-state index in [4.69, 9.17) is 5.26 Å². The van der Waals surface area contributed by atoms with Crippen LogP contribution in [0.3, 0.4) is 0 Å². The number of carbonyl (C=O) groups excluding carboxylic acids is 1. The molecule has 2 rings (SSSR count). The van der Waals surface area contributed by atoms with E-state index in [1.54, 1.807) is 43.3 Å². The zero-order valence-electron chi connectivity index (χ0n) is 12.1. The third kappa shape index (κ3) is 4.14. The first kappa shape index (κ1) is 15.7. The van der Waals surface area contributed by atoms with E-state index in [-0.39, 0.29) is 11.7 Å². The van der Waals surface area contributed by atoms with Gasteiger partial charge in [-0.15, -0.1) is 0 Å². The van der Waals surface area contributed by atoms with E-state index in [0.29, 0.717) is 17.8 Å². The molecule has 22 heavy (non-hydrogen) atoms. The number of halogens is 1. The highest BCUT2D eigenvalue weighted by molar-refractivity contribution is 5.95. The van der Waals surface area contributed by atoms with Gasteiger partial charge in [-0.25, -0.2) is 4.39 Å². The van der Waals surface area contributed by atoms with Crippen LogP contribution in [0.15, 0.2) is 48.5 Å². The summed E-state index contributed by atoms with van der Waals surface area (Å²) in [6, 6.07) is 14.5. The molecule has 1 atom stereocenters. The molecule has 0 heterocycles. The third-order valence-electron chi connectivity index (χ3n) is 3.22. The van der Waals surface area contributed by atoms with Crippen LogP contribution in [0.4, 0.5) is 10.1 Å². The molecule has 0 radical (unpaired) electrons. The standard InChI is InChI=1S/C17H16FN3O/c1-12(20-11-13-6-8-15(18)9-7-13)17(22)21-16-5-3-2-4-14(16)10-19/h2-9,12,20H,11H2,1H3,(H,21,22)/t12-/m0/s1. The number of hydrogen-bond donors (Lipinski definition) is 2. The lowest BCUT2D eigenvalue weighted by atomic mass is 10.1. The number of nitrogens with one attached hydrogen (secondary N) is 2. The number of anilines is 1. The van der Waals surface area contributed by atoms with Gasteiger partial charge in [-0.3, -0.25) is 4.79 Å². The van der Waals surface area contributed by atoms with E-state index >= 15 is 0 Å². The summed E-state index contributed by atoms with van der Waals surface area (Å²) in [7, 11) is 0. The molecule has 0 aliphatic heterocycles. The first-order chi connectivity index (χ1) is 10.6. The van der Waals surface area contributed by atoms with Crippen molar-refractivity contribution in [3.63, 3.8) is 0 Å². The molecule has 112 valence electrons. The molecule has 0 bridgehead atoms. The summed E-state index contributed by atoms with van der Waals surface area (Å²) in [6.07, 6.45) is 0. The normalized spacial score (nSPS) is 11.5. The van der Waals surface area contributed by atoms with Crippen LogP contribution < -0.4 is 10.6 Å². The molecule has 0 fully saturated rings. The molecule has 0 saturated carbocycles. The maximum Gasteiger partial charge on any atom is 0.241 e. The number of para-hydroxylation sites is 1. The topological polar surface area (TPSA) is 64.9 Å². The predicted octanol–water partition coefficient (Wildman–Crippen LogP) is 2.81. The van der Waals surface area contributed by atoms with Crippen LogP contribution in [0.1, 0.15) is 18.1 Å². The Morgan fingerprint density at radius 2 is 1.91 bits per heavy atom. The van der Waals surface area contributed by atoms with Gasteiger partial charge in [0.1, 0.15) is 11.9 Å². The van der Waals surface area contributed by atoms with Crippen LogP contribution in [0.5, 0.6) is 0 Å². The molecule has 4 nitrogen and oxygen atoms in total. The Morgan fingerprint density at radius 3 is 2.59 bits per heavy atom. The number of amides is 1. The Kier molecular flexibility index (Phi) is 5.23. The summed E-state index contributed by atoms with van der Waals surface area (Å²) >= 11 is 0. The minimum atomic E-state index is -0.447. The molecule has 2 N–H and O–H groups in total. The Hall–Kier alpha value is -2.71. The quantitative estimate of drug-likeness (QED) is 0.892. The number of hydrogen-bond acceptors (Lipinski definition) is 3. The monoisotopic (exact) mass is 297 g/mol. The van der Waals surface area contributed by atoms with Crippen LogP contribution in [-0.4, -0.2) is 11.9 Å². The Labute approximate surface area is 128 Å². The number of benzene rings is 2. The first-order valence-electron chi connectivity index (χ1n) is 6.88. The Balaban J connectivity index is 1.92. The summed E-state index contributed by atoms with van der Waals surface area (Å²) < 4.78 is 12.8. The van der Waals surface area contributed by atoms with E-state index in [1.807, 2.05) is 6.07 Å². The maximum atomic E-state index is 12.8. The van der Waals surface area contributed by atoms with Gasteiger partial charge in [0.25, 0.3) is 0 Å². The van der Waals surface area contributed by atoms with Gasteiger partial charge in [-0.2, -0.15) is 5.26 Å². The fourth-order valence-electron chi connectivity index (χ4n) is 1.90. The molecule has 2 aromatic carbocycles. The molecule has 0 unspecified atom stereocenters. The zero-order valence-corrected chi connectivity index (χ0v) is 12.1. The Morgan fingerprint density at radius 1 is 1.23 bits per heavy atom. The summed E-state index contributed by atoms with van der Waals surface area (Å²) in [5.74, 6) is -0.521. The predicted molar refractivity (Wildman–Crippen MR) is 82.5 cm³/mol. The average Bonchev–Trinajstić information content (AvgIpc) is 2.54. The number of nitrogens with zero attached hydrogens (tertiary/aromatic N) is 1. The van der Waals surface area contributed by atoms with Crippen LogP contribution in [0.25, 0.3) is 0 Å². The van der Waals surface area contributed by atoms with Crippen LogP contribution in [0, 0.1) is 17.1 Å². The highest BCUT2D eigenvalue weighted by atomic mass is 19.1. The zero-order chi connectivity index (χ0) is 15.9. The van der Waals surface area contributed by atoms with Crippen molar-refractivity contribution in [1.82, 2.24) is 5.32 Å². The highest BCUT2D eigenvalue weighted by Gasteiger charge is 2.13. The van der Waals surface area contributed by atoms with E-state index in [2.05, 4.69) is 10.6 Å². The fourth-order valence-corrected chi connectivity index (χ4v) is 1.90. The highest BCUT2D eigenvalue weighted by Crippen LogP contribution is 2.13. The molecule has 0 aliphatic carbocycles. The third-order valence-corrected chi connectivity index (χ3v) is 3.22. The second-order valence-corrected chi connectivity index (χ2v) is 4.88. The second kappa shape index (κ2) is 7.34. The largest absolute Gasteiger partial charge is 0.324 e.